The summed E-state index contributed by atoms with van der Waals surface area (Å²) >= 11 is 0. The molecule has 6 amide bonds. The summed E-state index contributed by atoms with van der Waals surface area (Å²) in [6.07, 6.45) is 5.82. The van der Waals surface area contributed by atoms with Gasteiger partial charge in [-0.15, -0.1) is 0 Å². The van der Waals surface area contributed by atoms with Gasteiger partial charge in [-0.05, 0) is 50.5 Å². The lowest BCUT2D eigenvalue weighted by atomic mass is 10.0. The number of hydrogen-bond donors (Lipinski definition) is 3. The van der Waals surface area contributed by atoms with Gasteiger partial charge in [0.1, 0.15) is 30.7 Å². The lowest BCUT2D eigenvalue weighted by molar-refractivity contribution is -0.148. The summed E-state index contributed by atoms with van der Waals surface area (Å²) in [6, 6.07) is 5.22. The number of benzene rings is 1. The summed E-state index contributed by atoms with van der Waals surface area (Å²) in [5, 5.41) is 8.30. The van der Waals surface area contributed by atoms with Gasteiger partial charge in [0.2, 0.25) is 35.4 Å². The Morgan fingerprint density at radius 2 is 1.56 bits per heavy atom. The molecule has 1 aromatic carbocycles. The molecule has 0 unspecified atom stereocenters. The smallest absolute Gasteiger partial charge is 0.325 e. The first kappa shape index (κ1) is 39.7. The summed E-state index contributed by atoms with van der Waals surface area (Å²) in [7, 11) is 1.22. The molecule has 1 aromatic rings. The normalized spacial score (nSPS) is 24.4. The first-order valence-corrected chi connectivity index (χ1v) is 17.3. The van der Waals surface area contributed by atoms with Crippen LogP contribution in [0.25, 0.3) is 0 Å². The van der Waals surface area contributed by atoms with Crippen LogP contribution in [-0.4, -0.2) is 120 Å². The predicted molar refractivity (Wildman–Crippen MR) is 185 cm³/mol. The van der Waals surface area contributed by atoms with Crippen LogP contribution in [0.5, 0.6) is 0 Å². The Balaban J connectivity index is 1.95. The molecule has 4 atom stereocenters. The van der Waals surface area contributed by atoms with Gasteiger partial charge >= 0.3 is 5.97 Å². The van der Waals surface area contributed by atoms with Crippen LogP contribution < -0.4 is 16.0 Å². The van der Waals surface area contributed by atoms with E-state index in [9.17, 15) is 33.6 Å². The molecule has 274 valence electrons. The van der Waals surface area contributed by atoms with E-state index in [1.807, 2.05) is 56.3 Å². The van der Waals surface area contributed by atoms with Crippen molar-refractivity contribution in [3.8, 4) is 0 Å². The molecule has 0 bridgehead atoms. The molecule has 0 spiro atoms. The highest BCUT2D eigenvalue weighted by Gasteiger charge is 2.39. The Labute approximate surface area is 294 Å². The van der Waals surface area contributed by atoms with Crippen molar-refractivity contribution >= 4 is 41.4 Å². The fourth-order valence-electron chi connectivity index (χ4n) is 6.08. The van der Waals surface area contributed by atoms with E-state index in [4.69, 9.17) is 4.74 Å². The number of rotatable bonds is 6. The molecular weight excluding hydrogens is 644 g/mol. The van der Waals surface area contributed by atoms with Gasteiger partial charge in [0.15, 0.2) is 0 Å². The van der Waals surface area contributed by atoms with E-state index >= 15 is 0 Å². The molecule has 0 aromatic heterocycles. The molecule has 14 heteroatoms. The molecule has 0 aliphatic carbocycles. The van der Waals surface area contributed by atoms with Crippen molar-refractivity contribution in [2.75, 3.05) is 39.8 Å². The minimum absolute atomic E-state index is 0.0468. The maximum absolute atomic E-state index is 14.0. The Kier molecular flexibility index (Phi) is 15.4. The van der Waals surface area contributed by atoms with E-state index in [-0.39, 0.29) is 44.4 Å². The number of esters is 1. The van der Waals surface area contributed by atoms with Crippen LogP contribution in [0.15, 0.2) is 42.5 Å². The second kappa shape index (κ2) is 19.4. The summed E-state index contributed by atoms with van der Waals surface area (Å²) < 4.78 is 4.84. The summed E-state index contributed by atoms with van der Waals surface area (Å²) in [5.74, 6) is -3.41. The largest absolute Gasteiger partial charge is 0.468 e. The van der Waals surface area contributed by atoms with E-state index in [1.165, 1.54) is 35.7 Å². The standard InChI is InChI=1S/C36H52N6O8/c1-24(2)20-28-36(49)42-19-13-16-30(42)34(47)37-25(3)33(46)39-29(21-27-14-9-8-10-15-27)35(48)41(23-32(45)50-5)18-12-7-6-11-17-40(26(4)43)22-31(44)38-28/h6-10,14-15,24-25,28-30H,11-13,16-23H2,1-5H3,(H,37,47)(H,38,44)(H,39,46)/b7-6-/t25-,28-,29-,30-/m0/s1. The predicted octanol–water partition coefficient (Wildman–Crippen LogP) is 0.941. The van der Waals surface area contributed by atoms with Gasteiger partial charge in [-0.1, -0.05) is 56.3 Å². The van der Waals surface area contributed by atoms with Gasteiger partial charge in [-0.2, -0.15) is 0 Å². The number of nitrogens with zero attached hydrogens (tertiary/aromatic N) is 3. The highest BCUT2D eigenvalue weighted by atomic mass is 16.5. The number of amides is 6. The molecule has 2 aliphatic heterocycles. The minimum Gasteiger partial charge on any atom is -0.468 e. The van der Waals surface area contributed by atoms with Crippen molar-refractivity contribution in [2.45, 2.75) is 90.4 Å². The van der Waals surface area contributed by atoms with Gasteiger partial charge in [0.25, 0.3) is 0 Å². The van der Waals surface area contributed by atoms with Crippen LogP contribution in [0.4, 0.5) is 0 Å². The van der Waals surface area contributed by atoms with Crippen molar-refractivity contribution in [1.82, 2.24) is 30.7 Å². The van der Waals surface area contributed by atoms with Crippen LogP contribution in [0, 0.1) is 5.92 Å². The number of methoxy groups -OCH3 is 1. The Morgan fingerprint density at radius 1 is 0.880 bits per heavy atom. The number of carbonyl (C=O) groups is 7. The zero-order valence-corrected chi connectivity index (χ0v) is 29.8. The lowest BCUT2D eigenvalue weighted by Gasteiger charge is -2.31. The van der Waals surface area contributed by atoms with Crippen LogP contribution in [0.1, 0.15) is 65.4 Å². The molecule has 1 saturated heterocycles. The molecule has 3 rings (SSSR count). The van der Waals surface area contributed by atoms with Crippen molar-refractivity contribution in [1.29, 1.82) is 0 Å². The average Bonchev–Trinajstić information content (AvgIpc) is 3.57. The van der Waals surface area contributed by atoms with E-state index in [0.29, 0.717) is 38.6 Å². The second-order valence-electron chi connectivity index (χ2n) is 13.2. The fourth-order valence-corrected chi connectivity index (χ4v) is 6.08. The number of hydrogen-bond acceptors (Lipinski definition) is 8. The van der Waals surface area contributed by atoms with Gasteiger partial charge in [0.05, 0.1) is 13.7 Å². The molecule has 0 radical (unpaired) electrons. The third-order valence-electron chi connectivity index (χ3n) is 8.77. The zero-order chi connectivity index (χ0) is 36.8. The highest BCUT2D eigenvalue weighted by Crippen LogP contribution is 2.21. The minimum atomic E-state index is -1.07. The average molecular weight is 697 g/mol. The number of fused-ring (bicyclic) bond motifs is 1. The van der Waals surface area contributed by atoms with E-state index in [2.05, 4.69) is 16.0 Å². The Morgan fingerprint density at radius 3 is 2.20 bits per heavy atom. The SMILES string of the molecule is COC(=O)CN1CC/C=C\CCN(C(C)=O)CC(=O)N[C@@H](CC(C)C)C(=O)N2CCC[C@H]2C(=O)N[C@@H](C)C(=O)N[C@@H](Cc2ccccc2)C1=O. The molecule has 2 heterocycles. The van der Waals surface area contributed by atoms with Crippen molar-refractivity contribution in [2.24, 2.45) is 5.92 Å². The molecule has 0 saturated carbocycles. The summed E-state index contributed by atoms with van der Waals surface area (Å²) in [4.78, 5) is 96.9. The van der Waals surface area contributed by atoms with Crippen LogP contribution in [-0.2, 0) is 44.7 Å². The maximum Gasteiger partial charge on any atom is 0.325 e. The Hall–Kier alpha value is -4.75. The Bertz CT molecular complexity index is 1400. The van der Waals surface area contributed by atoms with Crippen molar-refractivity contribution in [3.63, 3.8) is 0 Å². The molecule has 14 nitrogen and oxygen atoms in total. The lowest BCUT2D eigenvalue weighted by Crippen LogP contribution is -2.58. The summed E-state index contributed by atoms with van der Waals surface area (Å²) in [5.41, 5.74) is 0.778. The third kappa shape index (κ3) is 12.0. The van der Waals surface area contributed by atoms with Crippen LogP contribution in [0.2, 0.25) is 0 Å². The summed E-state index contributed by atoms with van der Waals surface area (Å²) in [6.45, 7) is 6.81. The van der Waals surface area contributed by atoms with Gasteiger partial charge in [-0.25, -0.2) is 0 Å². The second-order valence-corrected chi connectivity index (χ2v) is 13.2. The third-order valence-corrected chi connectivity index (χ3v) is 8.77. The molecule has 50 heavy (non-hydrogen) atoms. The maximum atomic E-state index is 14.0. The fraction of sp³-hybridized carbons (Fsp3) is 0.583. The van der Waals surface area contributed by atoms with Gasteiger partial charge in [-0.3, -0.25) is 33.6 Å². The van der Waals surface area contributed by atoms with Crippen molar-refractivity contribution < 1.29 is 38.3 Å². The molecule has 3 N–H and O–H groups in total. The number of nitrogens with one attached hydrogen (secondary N) is 3. The topological polar surface area (TPSA) is 175 Å². The highest BCUT2D eigenvalue weighted by molar-refractivity contribution is 5.96. The zero-order valence-electron chi connectivity index (χ0n) is 29.8. The van der Waals surface area contributed by atoms with Crippen LogP contribution in [0.3, 0.4) is 0 Å². The monoisotopic (exact) mass is 696 g/mol. The van der Waals surface area contributed by atoms with Gasteiger partial charge < -0.3 is 35.4 Å². The number of carbonyl (C=O) groups excluding carboxylic acids is 7. The molecule has 1 fully saturated rings. The molecular formula is C36H52N6O8. The van der Waals surface area contributed by atoms with Gasteiger partial charge in [0, 0.05) is 33.0 Å². The van der Waals surface area contributed by atoms with E-state index < -0.39 is 59.7 Å². The quantitative estimate of drug-likeness (QED) is 0.291. The van der Waals surface area contributed by atoms with Crippen molar-refractivity contribution in [3.05, 3.63) is 48.0 Å². The first-order chi connectivity index (χ1) is 23.8. The van der Waals surface area contributed by atoms with E-state index in [0.717, 1.165) is 5.56 Å². The molecule has 2 aliphatic rings. The van der Waals surface area contributed by atoms with E-state index in [1.54, 1.807) is 0 Å². The first-order valence-electron chi connectivity index (χ1n) is 17.3. The van der Waals surface area contributed by atoms with Crippen LogP contribution >= 0.6 is 0 Å². The number of ether oxygens (including phenoxy) is 1.